The zero-order chi connectivity index (χ0) is 17.1. The Labute approximate surface area is 141 Å². The highest BCUT2D eigenvalue weighted by Crippen LogP contribution is 2.44. The third-order valence-corrected chi connectivity index (χ3v) is 4.60. The average Bonchev–Trinajstić information content (AvgIpc) is 2.84. The fourth-order valence-corrected chi connectivity index (χ4v) is 3.37. The Balaban J connectivity index is 2.10. The van der Waals surface area contributed by atoms with E-state index in [9.17, 15) is 4.79 Å². The molecule has 0 saturated carbocycles. The number of methoxy groups -OCH3 is 3. The number of nitrogens with zero attached hydrogens (tertiary/aromatic N) is 1. The van der Waals surface area contributed by atoms with Gasteiger partial charge in [0.25, 0.3) is 5.91 Å². The topological polar surface area (TPSA) is 63.8 Å². The molecule has 0 spiro atoms. The number of hydrogen-bond acceptors (Lipinski definition) is 4. The van der Waals surface area contributed by atoms with Crippen LogP contribution < -0.4 is 14.2 Å². The molecule has 2 aromatic rings. The Bertz CT molecular complexity index is 730. The maximum Gasteiger partial charge on any atom is 0.256 e. The molecule has 0 aliphatic carbocycles. The molecule has 1 aromatic heterocycles. The van der Waals surface area contributed by atoms with E-state index in [0.29, 0.717) is 22.8 Å². The molecule has 0 radical (unpaired) electrons. The molecule has 0 bridgehead atoms. The summed E-state index contributed by atoms with van der Waals surface area (Å²) in [7, 11) is 4.72. The number of carbonyl (C=O) groups excluding carboxylic acids is 1. The van der Waals surface area contributed by atoms with Crippen LogP contribution in [0.15, 0.2) is 12.3 Å². The van der Waals surface area contributed by atoms with Gasteiger partial charge in [-0.15, -0.1) is 0 Å². The predicted octanol–water partition coefficient (Wildman–Crippen LogP) is 3.21. The third-order valence-electron chi connectivity index (χ3n) is 4.60. The van der Waals surface area contributed by atoms with Gasteiger partial charge in [-0.25, -0.2) is 0 Å². The van der Waals surface area contributed by atoms with Crippen molar-refractivity contribution in [3.63, 3.8) is 0 Å². The smallest absolute Gasteiger partial charge is 0.256 e. The Morgan fingerprint density at radius 1 is 1.00 bits per heavy atom. The molecule has 1 aromatic carbocycles. The lowest BCUT2D eigenvalue weighted by molar-refractivity contribution is 0.0763. The van der Waals surface area contributed by atoms with Gasteiger partial charge in [-0.05, 0) is 12.8 Å². The summed E-state index contributed by atoms with van der Waals surface area (Å²) >= 11 is 0. The van der Waals surface area contributed by atoms with E-state index >= 15 is 0 Å². The number of carbonyl (C=O) groups is 1. The minimum Gasteiger partial charge on any atom is -0.493 e. The summed E-state index contributed by atoms with van der Waals surface area (Å²) in [5.74, 6) is 1.62. The molecule has 24 heavy (non-hydrogen) atoms. The zero-order valence-corrected chi connectivity index (χ0v) is 14.5. The van der Waals surface area contributed by atoms with E-state index in [0.717, 1.165) is 36.8 Å². The first kappa shape index (κ1) is 16.5. The first-order valence-electron chi connectivity index (χ1n) is 8.30. The maximum absolute atomic E-state index is 13.0. The summed E-state index contributed by atoms with van der Waals surface area (Å²) in [5, 5.41) is 0.740. The minimum atomic E-state index is 0.0358. The number of ether oxygens (including phenoxy) is 3. The predicted molar refractivity (Wildman–Crippen MR) is 92.3 cm³/mol. The van der Waals surface area contributed by atoms with Crippen LogP contribution in [0.3, 0.4) is 0 Å². The van der Waals surface area contributed by atoms with Gasteiger partial charge in [0.05, 0.1) is 37.8 Å². The Morgan fingerprint density at radius 3 is 2.25 bits per heavy atom. The Morgan fingerprint density at radius 2 is 1.67 bits per heavy atom. The summed E-state index contributed by atoms with van der Waals surface area (Å²) in [5.41, 5.74) is 1.41. The lowest BCUT2D eigenvalue weighted by Crippen LogP contribution is -2.31. The molecule has 6 nitrogen and oxygen atoms in total. The van der Waals surface area contributed by atoms with Gasteiger partial charge in [0.1, 0.15) is 0 Å². The largest absolute Gasteiger partial charge is 0.493 e. The van der Waals surface area contributed by atoms with Crippen LogP contribution in [-0.4, -0.2) is 50.2 Å². The normalized spacial score (nSPS) is 15.2. The monoisotopic (exact) mass is 332 g/mol. The second-order valence-corrected chi connectivity index (χ2v) is 5.98. The number of aromatic amines is 1. The fraction of sp³-hybridized carbons (Fsp3) is 0.500. The van der Waals surface area contributed by atoms with Crippen LogP contribution in [0, 0.1) is 0 Å². The van der Waals surface area contributed by atoms with E-state index in [1.165, 1.54) is 12.8 Å². The number of fused-ring (bicyclic) bond motifs is 1. The van der Waals surface area contributed by atoms with Crippen molar-refractivity contribution in [1.82, 2.24) is 9.88 Å². The SMILES string of the molecule is COc1cc2[nH]cc(C(=O)N3CCCCCC3)c2c(OC)c1OC. The highest BCUT2D eigenvalue weighted by molar-refractivity contribution is 6.10. The quantitative estimate of drug-likeness (QED) is 0.934. The van der Waals surface area contributed by atoms with Crippen molar-refractivity contribution in [2.45, 2.75) is 25.7 Å². The number of nitrogens with one attached hydrogen (secondary N) is 1. The maximum atomic E-state index is 13.0. The number of amides is 1. The van der Waals surface area contributed by atoms with Gasteiger partial charge in [-0.3, -0.25) is 4.79 Å². The van der Waals surface area contributed by atoms with Gasteiger partial charge in [-0.1, -0.05) is 12.8 Å². The van der Waals surface area contributed by atoms with E-state index in [1.54, 1.807) is 27.5 Å². The van der Waals surface area contributed by atoms with Crippen molar-refractivity contribution in [2.75, 3.05) is 34.4 Å². The third kappa shape index (κ3) is 2.77. The highest BCUT2D eigenvalue weighted by Gasteiger charge is 2.25. The van der Waals surface area contributed by atoms with E-state index < -0.39 is 0 Å². The molecule has 1 amide bonds. The molecular formula is C18H24N2O4. The van der Waals surface area contributed by atoms with Crippen LogP contribution in [0.1, 0.15) is 36.0 Å². The molecule has 1 aliphatic heterocycles. The Hall–Kier alpha value is -2.37. The van der Waals surface area contributed by atoms with E-state index in [2.05, 4.69) is 4.98 Å². The Kier molecular flexibility index (Phi) is 4.83. The lowest BCUT2D eigenvalue weighted by atomic mass is 10.1. The molecule has 6 heteroatoms. The lowest BCUT2D eigenvalue weighted by Gasteiger charge is -2.20. The van der Waals surface area contributed by atoms with Crippen LogP contribution in [0.25, 0.3) is 10.9 Å². The molecule has 0 atom stereocenters. The molecule has 2 heterocycles. The van der Waals surface area contributed by atoms with Crippen molar-refractivity contribution >= 4 is 16.8 Å². The first-order chi connectivity index (χ1) is 11.7. The van der Waals surface area contributed by atoms with Crippen LogP contribution in [0.5, 0.6) is 17.2 Å². The molecule has 1 saturated heterocycles. The molecular weight excluding hydrogens is 308 g/mol. The molecule has 3 rings (SSSR count). The van der Waals surface area contributed by atoms with Gasteiger partial charge in [-0.2, -0.15) is 0 Å². The van der Waals surface area contributed by atoms with Crippen LogP contribution in [0.4, 0.5) is 0 Å². The van der Waals surface area contributed by atoms with E-state index in [4.69, 9.17) is 14.2 Å². The summed E-state index contributed by atoms with van der Waals surface area (Å²) in [6, 6.07) is 1.83. The van der Waals surface area contributed by atoms with Crippen molar-refractivity contribution in [3.8, 4) is 17.2 Å². The summed E-state index contributed by atoms with van der Waals surface area (Å²) in [6.07, 6.45) is 6.24. The molecule has 1 aliphatic rings. The first-order valence-corrected chi connectivity index (χ1v) is 8.30. The van der Waals surface area contributed by atoms with Crippen LogP contribution >= 0.6 is 0 Å². The summed E-state index contributed by atoms with van der Waals surface area (Å²) in [6.45, 7) is 1.61. The minimum absolute atomic E-state index is 0.0358. The van der Waals surface area contributed by atoms with Gasteiger partial charge in [0.15, 0.2) is 11.5 Å². The van der Waals surface area contributed by atoms with Crippen molar-refractivity contribution in [1.29, 1.82) is 0 Å². The second kappa shape index (κ2) is 7.03. The van der Waals surface area contributed by atoms with Gasteiger partial charge in [0.2, 0.25) is 5.75 Å². The number of benzene rings is 1. The average molecular weight is 332 g/mol. The van der Waals surface area contributed by atoms with Gasteiger partial charge >= 0.3 is 0 Å². The van der Waals surface area contributed by atoms with Crippen molar-refractivity contribution in [3.05, 3.63) is 17.8 Å². The molecule has 0 unspecified atom stereocenters. The van der Waals surface area contributed by atoms with Gasteiger partial charge in [0, 0.05) is 25.4 Å². The zero-order valence-electron chi connectivity index (χ0n) is 14.5. The second-order valence-electron chi connectivity index (χ2n) is 5.98. The van der Waals surface area contributed by atoms with E-state index in [1.807, 2.05) is 11.0 Å². The molecule has 1 N–H and O–H groups in total. The van der Waals surface area contributed by atoms with E-state index in [-0.39, 0.29) is 5.91 Å². The van der Waals surface area contributed by atoms with Crippen LogP contribution in [-0.2, 0) is 0 Å². The van der Waals surface area contributed by atoms with Crippen molar-refractivity contribution in [2.24, 2.45) is 0 Å². The molecule has 1 fully saturated rings. The summed E-state index contributed by atoms with van der Waals surface area (Å²) in [4.78, 5) is 18.1. The number of rotatable bonds is 4. The standard InChI is InChI=1S/C18H24N2O4/c1-22-14-10-13-15(17(24-3)16(14)23-2)12(11-19-13)18(21)20-8-6-4-5-7-9-20/h10-11,19H,4-9H2,1-3H3. The fourth-order valence-electron chi connectivity index (χ4n) is 3.37. The number of likely N-dealkylation sites (tertiary alicyclic amines) is 1. The summed E-state index contributed by atoms with van der Waals surface area (Å²) < 4.78 is 16.4. The van der Waals surface area contributed by atoms with Gasteiger partial charge < -0.3 is 24.1 Å². The van der Waals surface area contributed by atoms with Crippen LogP contribution in [0.2, 0.25) is 0 Å². The number of aromatic nitrogens is 1. The van der Waals surface area contributed by atoms with Crippen molar-refractivity contribution < 1.29 is 19.0 Å². The number of H-pyrrole nitrogens is 1. The molecule has 130 valence electrons. The number of hydrogen-bond donors (Lipinski definition) is 1. The highest BCUT2D eigenvalue weighted by atomic mass is 16.5.